The number of benzene rings is 1. The minimum absolute atomic E-state index is 0.558. The Morgan fingerprint density at radius 2 is 2.14 bits per heavy atom. The molecule has 2 unspecified atom stereocenters. The fourth-order valence-corrected chi connectivity index (χ4v) is 2.94. The molecule has 76 valence electrons. The van der Waals surface area contributed by atoms with Crippen LogP contribution in [0.15, 0.2) is 28.7 Å². The van der Waals surface area contributed by atoms with Gasteiger partial charge in [0.05, 0.1) is 0 Å². The van der Waals surface area contributed by atoms with Gasteiger partial charge in [-0.1, -0.05) is 34.1 Å². The van der Waals surface area contributed by atoms with Crippen molar-refractivity contribution in [3.05, 3.63) is 34.3 Å². The fraction of sp³-hybridized carbons (Fsp3) is 0.455. The first kappa shape index (κ1) is 10.5. The second-order valence-electron chi connectivity index (χ2n) is 3.70. The predicted octanol–water partition coefficient (Wildman–Crippen LogP) is 2.99. The van der Waals surface area contributed by atoms with E-state index in [1.54, 1.807) is 0 Å². The molecule has 0 radical (unpaired) electrons. The summed E-state index contributed by atoms with van der Waals surface area (Å²) < 4.78 is 1.20. The Kier molecular flexibility index (Phi) is 3.47. The summed E-state index contributed by atoms with van der Waals surface area (Å²) in [7, 11) is 0. The molecule has 0 aromatic heterocycles. The SMILES string of the molecule is ClCC1CNCC1c1ccccc1Br. The Labute approximate surface area is 98.0 Å². The highest BCUT2D eigenvalue weighted by Gasteiger charge is 2.28. The van der Waals surface area contributed by atoms with Crippen molar-refractivity contribution in [1.82, 2.24) is 5.32 Å². The molecule has 1 saturated heterocycles. The standard InChI is InChI=1S/C11H13BrClN/c12-11-4-2-1-3-9(11)10-7-14-6-8(10)5-13/h1-4,8,10,14H,5-7H2. The Balaban J connectivity index is 2.26. The van der Waals surface area contributed by atoms with Crippen LogP contribution in [0.3, 0.4) is 0 Å². The first-order chi connectivity index (χ1) is 6.83. The van der Waals surface area contributed by atoms with Crippen molar-refractivity contribution in [2.45, 2.75) is 5.92 Å². The van der Waals surface area contributed by atoms with Crippen LogP contribution in [0.4, 0.5) is 0 Å². The monoisotopic (exact) mass is 273 g/mol. The predicted molar refractivity (Wildman–Crippen MR) is 64.0 cm³/mol. The van der Waals surface area contributed by atoms with Gasteiger partial charge in [0.2, 0.25) is 0 Å². The van der Waals surface area contributed by atoms with E-state index in [4.69, 9.17) is 11.6 Å². The first-order valence-electron chi connectivity index (χ1n) is 4.84. The summed E-state index contributed by atoms with van der Waals surface area (Å²) >= 11 is 9.54. The molecular formula is C11H13BrClN. The van der Waals surface area contributed by atoms with E-state index in [1.165, 1.54) is 10.0 Å². The van der Waals surface area contributed by atoms with Crippen LogP contribution in [0.25, 0.3) is 0 Å². The van der Waals surface area contributed by atoms with Gasteiger partial charge in [0.25, 0.3) is 0 Å². The van der Waals surface area contributed by atoms with Gasteiger partial charge in [-0.2, -0.15) is 0 Å². The highest BCUT2D eigenvalue weighted by molar-refractivity contribution is 9.10. The van der Waals surface area contributed by atoms with E-state index in [2.05, 4.69) is 39.4 Å². The van der Waals surface area contributed by atoms with E-state index in [9.17, 15) is 0 Å². The number of halogens is 2. The Bertz CT molecular complexity index is 316. The molecule has 3 heteroatoms. The van der Waals surface area contributed by atoms with Crippen LogP contribution < -0.4 is 5.32 Å². The molecule has 0 spiro atoms. The zero-order valence-electron chi connectivity index (χ0n) is 7.84. The number of hydrogen-bond acceptors (Lipinski definition) is 1. The van der Waals surface area contributed by atoms with E-state index in [0.29, 0.717) is 11.8 Å². The van der Waals surface area contributed by atoms with Crippen LogP contribution in [0.2, 0.25) is 0 Å². The van der Waals surface area contributed by atoms with Gasteiger partial charge in [-0.15, -0.1) is 11.6 Å². The lowest BCUT2D eigenvalue weighted by Crippen LogP contribution is -2.12. The quantitative estimate of drug-likeness (QED) is 0.818. The van der Waals surface area contributed by atoms with Crippen molar-refractivity contribution < 1.29 is 0 Å². The summed E-state index contributed by atoms with van der Waals surface area (Å²) in [5.41, 5.74) is 1.38. The van der Waals surface area contributed by atoms with Crippen LogP contribution in [-0.2, 0) is 0 Å². The molecule has 1 N–H and O–H groups in total. The maximum absolute atomic E-state index is 5.95. The maximum atomic E-state index is 5.95. The van der Waals surface area contributed by atoms with Crippen LogP contribution in [0.5, 0.6) is 0 Å². The lowest BCUT2D eigenvalue weighted by Gasteiger charge is -2.17. The summed E-state index contributed by atoms with van der Waals surface area (Å²) in [6.45, 7) is 2.08. The average Bonchev–Trinajstić information content (AvgIpc) is 2.66. The first-order valence-corrected chi connectivity index (χ1v) is 6.16. The number of rotatable bonds is 2. The third kappa shape index (κ3) is 1.97. The molecule has 14 heavy (non-hydrogen) atoms. The highest BCUT2D eigenvalue weighted by Crippen LogP contribution is 2.33. The van der Waals surface area contributed by atoms with Crippen LogP contribution in [0, 0.1) is 5.92 Å². The minimum Gasteiger partial charge on any atom is -0.316 e. The maximum Gasteiger partial charge on any atom is 0.0270 e. The third-order valence-corrected chi connectivity index (χ3v) is 3.96. The van der Waals surface area contributed by atoms with Crippen molar-refractivity contribution in [1.29, 1.82) is 0 Å². The topological polar surface area (TPSA) is 12.0 Å². The van der Waals surface area contributed by atoms with Gasteiger partial charge in [-0.05, 0) is 24.1 Å². The van der Waals surface area contributed by atoms with Gasteiger partial charge in [0, 0.05) is 22.8 Å². The molecule has 1 aromatic carbocycles. The molecule has 1 aliphatic heterocycles. The molecule has 0 bridgehead atoms. The normalized spacial score (nSPS) is 26.7. The molecule has 0 aliphatic carbocycles. The number of hydrogen-bond donors (Lipinski definition) is 1. The molecule has 1 heterocycles. The van der Waals surface area contributed by atoms with Gasteiger partial charge in [0.15, 0.2) is 0 Å². The summed E-state index contributed by atoms with van der Waals surface area (Å²) in [5, 5.41) is 3.39. The van der Waals surface area contributed by atoms with E-state index in [1.807, 2.05) is 6.07 Å². The summed E-state index contributed by atoms with van der Waals surface area (Å²) in [4.78, 5) is 0. The largest absolute Gasteiger partial charge is 0.316 e. The molecule has 0 amide bonds. The number of alkyl halides is 1. The van der Waals surface area contributed by atoms with Gasteiger partial charge in [-0.3, -0.25) is 0 Å². The zero-order chi connectivity index (χ0) is 9.97. The Morgan fingerprint density at radius 1 is 1.36 bits per heavy atom. The zero-order valence-corrected chi connectivity index (χ0v) is 10.2. The van der Waals surface area contributed by atoms with E-state index < -0.39 is 0 Å². The van der Waals surface area contributed by atoms with E-state index >= 15 is 0 Å². The van der Waals surface area contributed by atoms with Crippen molar-refractivity contribution in [2.24, 2.45) is 5.92 Å². The average molecular weight is 275 g/mol. The smallest absolute Gasteiger partial charge is 0.0270 e. The highest BCUT2D eigenvalue weighted by atomic mass is 79.9. The van der Waals surface area contributed by atoms with E-state index in [-0.39, 0.29) is 0 Å². The molecular weight excluding hydrogens is 261 g/mol. The van der Waals surface area contributed by atoms with Crippen molar-refractivity contribution in [3.8, 4) is 0 Å². The van der Waals surface area contributed by atoms with Gasteiger partial charge in [0.1, 0.15) is 0 Å². The van der Waals surface area contributed by atoms with Crippen molar-refractivity contribution in [2.75, 3.05) is 19.0 Å². The van der Waals surface area contributed by atoms with E-state index in [0.717, 1.165) is 19.0 Å². The molecule has 1 nitrogen and oxygen atoms in total. The summed E-state index contributed by atoms with van der Waals surface area (Å²) in [5.74, 6) is 1.86. The third-order valence-electron chi connectivity index (χ3n) is 2.84. The molecule has 1 aliphatic rings. The second-order valence-corrected chi connectivity index (χ2v) is 4.86. The molecule has 2 rings (SSSR count). The van der Waals surface area contributed by atoms with Gasteiger partial charge in [-0.25, -0.2) is 0 Å². The number of nitrogens with one attached hydrogen (secondary N) is 1. The van der Waals surface area contributed by atoms with Crippen LogP contribution in [-0.4, -0.2) is 19.0 Å². The molecule has 2 atom stereocenters. The summed E-state index contributed by atoms with van der Waals surface area (Å²) in [6, 6.07) is 8.41. The van der Waals surface area contributed by atoms with Crippen LogP contribution >= 0.6 is 27.5 Å². The van der Waals surface area contributed by atoms with Crippen molar-refractivity contribution in [3.63, 3.8) is 0 Å². The lowest BCUT2D eigenvalue weighted by atomic mass is 9.90. The lowest BCUT2D eigenvalue weighted by molar-refractivity contribution is 0.577. The molecule has 0 saturated carbocycles. The van der Waals surface area contributed by atoms with Gasteiger partial charge >= 0.3 is 0 Å². The van der Waals surface area contributed by atoms with Crippen molar-refractivity contribution >= 4 is 27.5 Å². The van der Waals surface area contributed by atoms with Crippen LogP contribution in [0.1, 0.15) is 11.5 Å². The minimum atomic E-state index is 0.558. The molecule has 1 fully saturated rings. The summed E-state index contributed by atoms with van der Waals surface area (Å²) in [6.07, 6.45) is 0. The second kappa shape index (κ2) is 4.65. The fourth-order valence-electron chi connectivity index (χ4n) is 2.03. The molecule has 1 aromatic rings. The Morgan fingerprint density at radius 3 is 2.86 bits per heavy atom. The Hall–Kier alpha value is -0.0500. The van der Waals surface area contributed by atoms with Gasteiger partial charge < -0.3 is 5.32 Å².